The van der Waals surface area contributed by atoms with Crippen LogP contribution < -0.4 is 0 Å². The standard InChI is InChI=1S/C15H19F3O2S/c1-2-20-14(19)9-4-3-5-10-21-13-8-6-7-12(11-13)15(16,17)18/h6-8,11H,2-5,9-10H2,1H3. The second-order valence-corrected chi connectivity index (χ2v) is 5.66. The van der Waals surface area contributed by atoms with Crippen LogP contribution in [0, 0.1) is 0 Å². The number of hydrogen-bond donors (Lipinski definition) is 0. The van der Waals surface area contributed by atoms with Gasteiger partial charge >= 0.3 is 12.1 Å². The van der Waals surface area contributed by atoms with Crippen LogP contribution in [-0.4, -0.2) is 18.3 Å². The summed E-state index contributed by atoms with van der Waals surface area (Å²) in [6, 6.07) is 5.34. The molecule has 1 aromatic carbocycles. The predicted molar refractivity (Wildman–Crippen MR) is 77.3 cm³/mol. The van der Waals surface area contributed by atoms with Crippen molar-refractivity contribution in [2.75, 3.05) is 12.4 Å². The number of rotatable bonds is 8. The molecule has 6 heteroatoms. The fourth-order valence-electron chi connectivity index (χ4n) is 1.73. The number of halogens is 3. The van der Waals surface area contributed by atoms with Gasteiger partial charge in [-0.3, -0.25) is 4.79 Å². The lowest BCUT2D eigenvalue weighted by Gasteiger charge is -2.08. The van der Waals surface area contributed by atoms with Crippen molar-refractivity contribution in [3.63, 3.8) is 0 Å². The van der Waals surface area contributed by atoms with E-state index in [0.717, 1.165) is 31.1 Å². The van der Waals surface area contributed by atoms with Crippen molar-refractivity contribution in [2.24, 2.45) is 0 Å². The highest BCUT2D eigenvalue weighted by Gasteiger charge is 2.30. The average Bonchev–Trinajstić information content (AvgIpc) is 2.42. The number of benzene rings is 1. The molecule has 0 amide bonds. The normalized spacial score (nSPS) is 11.4. The molecule has 0 saturated heterocycles. The lowest BCUT2D eigenvalue weighted by Crippen LogP contribution is -2.04. The van der Waals surface area contributed by atoms with E-state index in [-0.39, 0.29) is 5.97 Å². The van der Waals surface area contributed by atoms with Crippen LogP contribution in [0.1, 0.15) is 38.2 Å². The Kier molecular flexibility index (Phi) is 7.64. The molecule has 2 nitrogen and oxygen atoms in total. The second-order valence-electron chi connectivity index (χ2n) is 4.49. The first-order chi connectivity index (χ1) is 9.93. The van der Waals surface area contributed by atoms with Gasteiger partial charge in [-0.15, -0.1) is 11.8 Å². The summed E-state index contributed by atoms with van der Waals surface area (Å²) >= 11 is 1.40. The van der Waals surface area contributed by atoms with Crippen molar-refractivity contribution in [1.82, 2.24) is 0 Å². The Balaban J connectivity index is 2.23. The molecule has 118 valence electrons. The summed E-state index contributed by atoms with van der Waals surface area (Å²) in [4.78, 5) is 11.7. The Bertz CT molecular complexity index is 447. The SMILES string of the molecule is CCOC(=O)CCCCCSc1cccc(C(F)(F)F)c1. The molecule has 0 bridgehead atoms. The zero-order valence-corrected chi connectivity index (χ0v) is 12.7. The maximum absolute atomic E-state index is 12.5. The average molecular weight is 320 g/mol. The van der Waals surface area contributed by atoms with Crippen LogP contribution >= 0.6 is 11.8 Å². The number of carbonyl (C=O) groups excluding carboxylic acids is 1. The minimum absolute atomic E-state index is 0.192. The molecule has 0 heterocycles. The Morgan fingerprint density at radius 3 is 2.67 bits per heavy atom. The maximum Gasteiger partial charge on any atom is 0.416 e. The van der Waals surface area contributed by atoms with Crippen LogP contribution in [0.15, 0.2) is 29.2 Å². The zero-order valence-electron chi connectivity index (χ0n) is 11.9. The summed E-state index contributed by atoms with van der Waals surface area (Å²) < 4.78 is 42.4. The predicted octanol–water partition coefficient (Wildman–Crippen LogP) is 4.92. The smallest absolute Gasteiger partial charge is 0.416 e. The maximum atomic E-state index is 12.5. The number of unbranched alkanes of at least 4 members (excludes halogenated alkanes) is 2. The first kappa shape index (κ1) is 17.9. The van der Waals surface area contributed by atoms with Crippen LogP contribution in [0.25, 0.3) is 0 Å². The van der Waals surface area contributed by atoms with Gasteiger partial charge in [0, 0.05) is 11.3 Å². The minimum Gasteiger partial charge on any atom is -0.466 e. The van der Waals surface area contributed by atoms with Crippen molar-refractivity contribution in [2.45, 2.75) is 43.7 Å². The summed E-state index contributed by atoms with van der Waals surface area (Å²) in [7, 11) is 0. The zero-order chi connectivity index (χ0) is 15.7. The van der Waals surface area contributed by atoms with Crippen molar-refractivity contribution in [1.29, 1.82) is 0 Å². The molecule has 0 unspecified atom stereocenters. The molecule has 0 aromatic heterocycles. The van der Waals surface area contributed by atoms with Crippen LogP contribution in [0.3, 0.4) is 0 Å². The van der Waals surface area contributed by atoms with E-state index >= 15 is 0 Å². The number of carbonyl (C=O) groups is 1. The van der Waals surface area contributed by atoms with Gasteiger partial charge in [0.2, 0.25) is 0 Å². The van der Waals surface area contributed by atoms with E-state index in [0.29, 0.717) is 17.9 Å². The van der Waals surface area contributed by atoms with E-state index in [1.807, 2.05) is 0 Å². The highest BCUT2D eigenvalue weighted by Crippen LogP contribution is 2.32. The van der Waals surface area contributed by atoms with E-state index < -0.39 is 11.7 Å². The Morgan fingerprint density at radius 1 is 1.24 bits per heavy atom. The lowest BCUT2D eigenvalue weighted by molar-refractivity contribution is -0.143. The minimum atomic E-state index is -4.30. The molecule has 0 aliphatic heterocycles. The van der Waals surface area contributed by atoms with Gasteiger partial charge in [-0.05, 0) is 43.7 Å². The van der Waals surface area contributed by atoms with Crippen molar-refractivity contribution >= 4 is 17.7 Å². The molecular formula is C15H19F3O2S. The van der Waals surface area contributed by atoms with Crippen molar-refractivity contribution in [3.8, 4) is 0 Å². The molecule has 0 spiro atoms. The number of ether oxygens (including phenoxy) is 1. The van der Waals surface area contributed by atoms with Gasteiger partial charge in [0.1, 0.15) is 0 Å². The topological polar surface area (TPSA) is 26.3 Å². The third-order valence-corrected chi connectivity index (χ3v) is 3.84. The highest BCUT2D eigenvalue weighted by atomic mass is 32.2. The van der Waals surface area contributed by atoms with Gasteiger partial charge in [-0.25, -0.2) is 0 Å². The highest BCUT2D eigenvalue weighted by molar-refractivity contribution is 7.99. The molecule has 1 rings (SSSR count). The molecule has 0 saturated carbocycles. The van der Waals surface area contributed by atoms with Crippen molar-refractivity contribution in [3.05, 3.63) is 29.8 Å². The molecule has 0 N–H and O–H groups in total. The van der Waals surface area contributed by atoms with E-state index in [2.05, 4.69) is 0 Å². The fourth-order valence-corrected chi connectivity index (χ4v) is 2.70. The monoisotopic (exact) mass is 320 g/mol. The molecule has 0 aliphatic carbocycles. The first-order valence-corrected chi connectivity index (χ1v) is 7.87. The molecule has 0 fully saturated rings. The van der Waals surface area contributed by atoms with E-state index in [4.69, 9.17) is 4.74 Å². The van der Waals surface area contributed by atoms with Gasteiger partial charge in [0.15, 0.2) is 0 Å². The summed E-state index contributed by atoms with van der Waals surface area (Å²) in [6.07, 6.45) is -1.41. The Hall–Kier alpha value is -1.17. The number of thioether (sulfide) groups is 1. The number of hydrogen-bond acceptors (Lipinski definition) is 3. The second kappa shape index (κ2) is 8.97. The van der Waals surface area contributed by atoms with Gasteiger partial charge in [0.25, 0.3) is 0 Å². The van der Waals surface area contributed by atoms with Crippen LogP contribution in [-0.2, 0) is 15.7 Å². The summed E-state index contributed by atoms with van der Waals surface area (Å²) in [5, 5.41) is 0. The number of esters is 1. The Morgan fingerprint density at radius 2 is 2.00 bits per heavy atom. The van der Waals surface area contributed by atoms with Gasteiger partial charge in [0.05, 0.1) is 12.2 Å². The molecular weight excluding hydrogens is 301 g/mol. The molecule has 0 atom stereocenters. The van der Waals surface area contributed by atoms with Crippen molar-refractivity contribution < 1.29 is 22.7 Å². The van der Waals surface area contributed by atoms with Gasteiger partial charge < -0.3 is 4.74 Å². The number of alkyl halides is 3. The summed E-state index contributed by atoms with van der Waals surface area (Å²) in [5.41, 5.74) is -0.616. The van der Waals surface area contributed by atoms with Gasteiger partial charge in [-0.2, -0.15) is 13.2 Å². The van der Waals surface area contributed by atoms with E-state index in [1.54, 1.807) is 13.0 Å². The fraction of sp³-hybridized carbons (Fsp3) is 0.533. The third-order valence-electron chi connectivity index (χ3n) is 2.76. The van der Waals surface area contributed by atoms with Crippen LogP contribution in [0.5, 0.6) is 0 Å². The summed E-state index contributed by atoms with van der Waals surface area (Å²) in [5.74, 6) is 0.549. The molecule has 0 radical (unpaired) electrons. The lowest BCUT2D eigenvalue weighted by atomic mass is 10.2. The Labute approximate surface area is 127 Å². The molecule has 0 aliphatic rings. The molecule has 21 heavy (non-hydrogen) atoms. The third kappa shape index (κ3) is 7.41. The van der Waals surface area contributed by atoms with Gasteiger partial charge in [-0.1, -0.05) is 12.5 Å². The van der Waals surface area contributed by atoms with E-state index in [9.17, 15) is 18.0 Å². The largest absolute Gasteiger partial charge is 0.466 e. The molecule has 1 aromatic rings. The van der Waals surface area contributed by atoms with E-state index in [1.165, 1.54) is 23.9 Å². The van der Waals surface area contributed by atoms with Crippen LogP contribution in [0.2, 0.25) is 0 Å². The van der Waals surface area contributed by atoms with Crippen LogP contribution in [0.4, 0.5) is 13.2 Å². The first-order valence-electron chi connectivity index (χ1n) is 6.89. The summed E-state index contributed by atoms with van der Waals surface area (Å²) in [6.45, 7) is 2.16. The quantitative estimate of drug-likeness (QED) is 0.386.